The molecule has 0 spiro atoms. The first kappa shape index (κ1) is 6.93. The minimum absolute atomic E-state index is 0.314. The van der Waals surface area contributed by atoms with Gasteiger partial charge in [-0.1, -0.05) is 15.9 Å². The van der Waals surface area contributed by atoms with Crippen molar-refractivity contribution in [3.8, 4) is 0 Å². The van der Waals surface area contributed by atoms with Crippen molar-refractivity contribution in [2.24, 2.45) is 0 Å². The van der Waals surface area contributed by atoms with Crippen molar-refractivity contribution in [3.05, 3.63) is 28.6 Å². The molecule has 1 rings (SSSR count). The van der Waals surface area contributed by atoms with Crippen LogP contribution in [-0.4, -0.2) is 0 Å². The van der Waals surface area contributed by atoms with Crippen molar-refractivity contribution >= 4 is 15.9 Å². The molecule has 0 aliphatic heterocycles. The highest BCUT2D eigenvalue weighted by Gasteiger charge is 2.10. The molecule has 0 heterocycles. The standard InChI is InChI=1S/C6H4BrF2/c7-5-2-1-4(8)3-6(5)9/h1,3H,2H2. The molecule has 49 valence electrons. The molecular formula is C6H4BrF2. The minimum atomic E-state index is -0.519. The Hall–Kier alpha value is -0.180. The molecule has 1 aliphatic carbocycles. The fourth-order valence-electron chi connectivity index (χ4n) is 0.543. The largest absolute Gasteiger partial charge is 0.211 e. The highest BCUT2D eigenvalue weighted by molar-refractivity contribution is 9.11. The minimum Gasteiger partial charge on any atom is -0.211 e. The molecule has 0 fully saturated rings. The maximum Gasteiger partial charge on any atom is 0.135 e. The Bertz CT molecular complexity index is 181. The van der Waals surface area contributed by atoms with Crippen LogP contribution in [0.5, 0.6) is 0 Å². The predicted molar refractivity (Wildman–Crippen MR) is 35.2 cm³/mol. The van der Waals surface area contributed by atoms with E-state index in [1.807, 2.05) is 0 Å². The molecular weight excluding hydrogens is 190 g/mol. The summed E-state index contributed by atoms with van der Waals surface area (Å²) < 4.78 is 24.8. The fourth-order valence-corrected chi connectivity index (χ4v) is 0.819. The first-order valence-electron chi connectivity index (χ1n) is 2.44. The quantitative estimate of drug-likeness (QED) is 0.555. The third kappa shape index (κ3) is 1.61. The third-order valence-electron chi connectivity index (χ3n) is 1.00. The molecule has 0 aromatic rings. The Morgan fingerprint density at radius 2 is 2.11 bits per heavy atom. The molecule has 0 aromatic carbocycles. The van der Waals surface area contributed by atoms with E-state index in [1.54, 1.807) is 0 Å². The van der Waals surface area contributed by atoms with Crippen molar-refractivity contribution in [2.75, 3.05) is 0 Å². The summed E-state index contributed by atoms with van der Waals surface area (Å²) in [6.07, 6.45) is 2.48. The highest BCUT2D eigenvalue weighted by Crippen LogP contribution is 2.28. The summed E-state index contributed by atoms with van der Waals surface area (Å²) in [6.45, 7) is 0. The zero-order chi connectivity index (χ0) is 6.85. The number of hydrogen-bond acceptors (Lipinski definition) is 0. The fraction of sp³-hybridized carbons (Fsp3) is 0.167. The van der Waals surface area contributed by atoms with Gasteiger partial charge in [0.2, 0.25) is 0 Å². The third-order valence-corrected chi connectivity index (χ3v) is 1.70. The summed E-state index contributed by atoms with van der Waals surface area (Å²) in [4.78, 5) is 0. The van der Waals surface area contributed by atoms with Crippen LogP contribution in [-0.2, 0) is 0 Å². The normalized spacial score (nSPS) is 20.1. The molecule has 0 bridgehead atoms. The van der Waals surface area contributed by atoms with Crippen LogP contribution in [0.1, 0.15) is 6.42 Å². The lowest BCUT2D eigenvalue weighted by molar-refractivity contribution is 0.599. The van der Waals surface area contributed by atoms with E-state index < -0.39 is 11.7 Å². The zero-order valence-electron chi connectivity index (χ0n) is 4.50. The summed E-state index contributed by atoms with van der Waals surface area (Å²) in [6, 6.07) is 0. The Morgan fingerprint density at radius 3 is 2.56 bits per heavy atom. The van der Waals surface area contributed by atoms with Crippen LogP contribution in [0.15, 0.2) is 22.2 Å². The van der Waals surface area contributed by atoms with Crippen LogP contribution < -0.4 is 0 Å². The Kier molecular flexibility index (Phi) is 2.01. The van der Waals surface area contributed by atoms with E-state index in [0.717, 1.165) is 6.08 Å². The summed E-state index contributed by atoms with van der Waals surface area (Å²) >= 11 is 2.94. The maximum atomic E-state index is 12.3. The molecule has 0 atom stereocenters. The molecule has 0 aromatic heterocycles. The molecule has 0 amide bonds. The van der Waals surface area contributed by atoms with Crippen molar-refractivity contribution in [1.82, 2.24) is 0 Å². The molecule has 0 saturated heterocycles. The zero-order valence-corrected chi connectivity index (χ0v) is 6.08. The van der Waals surface area contributed by atoms with Gasteiger partial charge in [-0.3, -0.25) is 0 Å². The monoisotopic (exact) mass is 193 g/mol. The molecule has 3 heteroatoms. The van der Waals surface area contributed by atoms with Crippen LogP contribution in [0.3, 0.4) is 0 Å². The SMILES string of the molecule is FC1=CC(F)=C(Br)C[CH]1. The van der Waals surface area contributed by atoms with Gasteiger partial charge in [0.1, 0.15) is 11.7 Å². The van der Waals surface area contributed by atoms with E-state index >= 15 is 0 Å². The molecule has 0 saturated carbocycles. The van der Waals surface area contributed by atoms with E-state index in [4.69, 9.17) is 0 Å². The lowest BCUT2D eigenvalue weighted by Crippen LogP contribution is -1.88. The summed E-state index contributed by atoms with van der Waals surface area (Å²) in [5, 5.41) is 0. The van der Waals surface area contributed by atoms with Gasteiger partial charge in [0.15, 0.2) is 0 Å². The lowest BCUT2D eigenvalue weighted by atomic mass is 10.2. The molecule has 0 N–H and O–H groups in total. The highest BCUT2D eigenvalue weighted by atomic mass is 79.9. The second-order valence-corrected chi connectivity index (χ2v) is 2.65. The van der Waals surface area contributed by atoms with Crippen molar-refractivity contribution < 1.29 is 8.78 Å². The molecule has 0 unspecified atom stereocenters. The van der Waals surface area contributed by atoms with Crippen LogP contribution in [0, 0.1) is 6.42 Å². The molecule has 0 nitrogen and oxygen atoms in total. The first-order chi connectivity index (χ1) is 4.20. The maximum absolute atomic E-state index is 12.3. The predicted octanol–water partition coefficient (Wildman–Crippen LogP) is 3.02. The number of halogens is 3. The Labute approximate surface area is 60.4 Å². The average Bonchev–Trinajstić information content (AvgIpc) is 1.80. The smallest absolute Gasteiger partial charge is 0.135 e. The van der Waals surface area contributed by atoms with Gasteiger partial charge in [0.05, 0.1) is 0 Å². The van der Waals surface area contributed by atoms with Crippen LogP contribution >= 0.6 is 15.9 Å². The van der Waals surface area contributed by atoms with Gasteiger partial charge < -0.3 is 0 Å². The number of hydrogen-bond donors (Lipinski definition) is 0. The van der Waals surface area contributed by atoms with E-state index in [9.17, 15) is 8.78 Å². The Balaban J connectivity index is 2.83. The second kappa shape index (κ2) is 2.60. The van der Waals surface area contributed by atoms with Gasteiger partial charge in [-0.2, -0.15) is 0 Å². The van der Waals surface area contributed by atoms with E-state index in [2.05, 4.69) is 15.9 Å². The van der Waals surface area contributed by atoms with E-state index in [-0.39, 0.29) is 0 Å². The average molecular weight is 194 g/mol. The molecule has 1 radical (unpaired) electrons. The van der Waals surface area contributed by atoms with Gasteiger partial charge in [0, 0.05) is 17.0 Å². The lowest BCUT2D eigenvalue weighted by Gasteiger charge is -2.03. The van der Waals surface area contributed by atoms with Crippen molar-refractivity contribution in [3.63, 3.8) is 0 Å². The second-order valence-electron chi connectivity index (χ2n) is 1.69. The van der Waals surface area contributed by atoms with Gasteiger partial charge >= 0.3 is 0 Å². The Morgan fingerprint density at radius 1 is 1.44 bits per heavy atom. The number of rotatable bonds is 0. The number of allylic oxidation sites excluding steroid dienone is 4. The van der Waals surface area contributed by atoms with Crippen LogP contribution in [0.25, 0.3) is 0 Å². The van der Waals surface area contributed by atoms with Crippen molar-refractivity contribution in [2.45, 2.75) is 6.42 Å². The van der Waals surface area contributed by atoms with E-state index in [0.29, 0.717) is 10.9 Å². The molecule has 1 aliphatic rings. The van der Waals surface area contributed by atoms with Crippen molar-refractivity contribution in [1.29, 1.82) is 0 Å². The summed E-state index contributed by atoms with van der Waals surface area (Å²) in [5.74, 6) is -1.02. The topological polar surface area (TPSA) is 0 Å². The van der Waals surface area contributed by atoms with Crippen LogP contribution in [0.4, 0.5) is 8.78 Å². The summed E-state index contributed by atoms with van der Waals surface area (Å²) in [5.41, 5.74) is 0. The summed E-state index contributed by atoms with van der Waals surface area (Å²) in [7, 11) is 0. The van der Waals surface area contributed by atoms with Gasteiger partial charge in [-0.25, -0.2) is 8.78 Å². The van der Waals surface area contributed by atoms with Gasteiger partial charge in [0.25, 0.3) is 0 Å². The van der Waals surface area contributed by atoms with Gasteiger partial charge in [-0.15, -0.1) is 0 Å². The molecule has 9 heavy (non-hydrogen) atoms. The van der Waals surface area contributed by atoms with E-state index in [1.165, 1.54) is 6.42 Å². The van der Waals surface area contributed by atoms with Gasteiger partial charge in [-0.05, 0) is 6.42 Å². The first-order valence-corrected chi connectivity index (χ1v) is 3.24. The van der Waals surface area contributed by atoms with Crippen LogP contribution in [0.2, 0.25) is 0 Å².